The Morgan fingerprint density at radius 3 is 2.92 bits per heavy atom. The van der Waals surface area contributed by atoms with Crippen LogP contribution < -0.4 is 5.73 Å². The highest BCUT2D eigenvalue weighted by atomic mass is 79.9. The molecule has 8 heteroatoms. The van der Waals surface area contributed by atoms with Crippen molar-refractivity contribution in [3.05, 3.63) is 22.6 Å². The van der Waals surface area contributed by atoms with Gasteiger partial charge in [-0.3, -0.25) is 9.20 Å². The zero-order valence-corrected chi connectivity index (χ0v) is 15.2. The number of fused-ring (bicyclic) bond motifs is 2. The molecule has 6 nitrogen and oxygen atoms in total. The summed E-state index contributed by atoms with van der Waals surface area (Å²) in [7, 11) is 0. The molecule has 0 aliphatic carbocycles. The van der Waals surface area contributed by atoms with Crippen LogP contribution in [0, 0.1) is 11.4 Å². The normalized spacial score (nSPS) is 26.2. The van der Waals surface area contributed by atoms with Crippen LogP contribution in [0.3, 0.4) is 0 Å². The molecule has 2 atom stereocenters. The molecular weight excluding hydrogens is 377 g/mol. The number of hydrogen-bond donors (Lipinski definition) is 1. The molecule has 2 aromatic heterocycles. The summed E-state index contributed by atoms with van der Waals surface area (Å²) in [4.78, 5) is 22.7. The Morgan fingerprint density at radius 2 is 2.17 bits per heavy atom. The molecule has 2 aliphatic rings. The van der Waals surface area contributed by atoms with Crippen LogP contribution in [-0.4, -0.2) is 37.8 Å². The Morgan fingerprint density at radius 1 is 1.42 bits per heavy atom. The molecule has 0 unspecified atom stereocenters. The van der Waals surface area contributed by atoms with E-state index >= 15 is 0 Å². The average Bonchev–Trinajstić information content (AvgIpc) is 2.99. The predicted molar refractivity (Wildman–Crippen MR) is 90.9 cm³/mol. The van der Waals surface area contributed by atoms with Crippen LogP contribution in [0.5, 0.6) is 0 Å². The number of nitrogens with two attached hydrogens (primary N) is 1. The summed E-state index contributed by atoms with van der Waals surface area (Å²) in [6.45, 7) is 4.85. The summed E-state index contributed by atoms with van der Waals surface area (Å²) in [5, 5.41) is 0. The van der Waals surface area contributed by atoms with Gasteiger partial charge in [-0.2, -0.15) is 4.39 Å². The van der Waals surface area contributed by atoms with Gasteiger partial charge in [0.15, 0.2) is 5.82 Å². The number of piperidine rings is 1. The molecule has 4 rings (SSSR count). The van der Waals surface area contributed by atoms with Crippen molar-refractivity contribution in [1.29, 1.82) is 0 Å². The van der Waals surface area contributed by atoms with E-state index in [2.05, 4.69) is 39.7 Å². The number of nitrogen functional groups attached to an aromatic ring is 1. The predicted octanol–water partition coefficient (Wildman–Crippen LogP) is 2.72. The molecule has 1 amide bonds. The van der Waals surface area contributed by atoms with Crippen molar-refractivity contribution in [2.24, 2.45) is 5.41 Å². The Labute approximate surface area is 147 Å². The van der Waals surface area contributed by atoms with Crippen LogP contribution in [0.1, 0.15) is 44.9 Å². The molecule has 0 spiro atoms. The first-order valence-electron chi connectivity index (χ1n) is 8.07. The van der Waals surface area contributed by atoms with Crippen LogP contribution in [0.15, 0.2) is 10.8 Å². The minimum absolute atomic E-state index is 0.00308. The summed E-state index contributed by atoms with van der Waals surface area (Å²) < 4.78 is 16.3. The largest absolute Gasteiger partial charge is 0.382 e. The highest BCUT2D eigenvalue weighted by Crippen LogP contribution is 2.45. The Kier molecular flexibility index (Phi) is 3.39. The average molecular weight is 396 g/mol. The van der Waals surface area contributed by atoms with E-state index < -0.39 is 5.95 Å². The molecular formula is C16H19BrFN5O. The Balaban J connectivity index is 1.75. The van der Waals surface area contributed by atoms with E-state index in [0.29, 0.717) is 28.9 Å². The maximum absolute atomic E-state index is 14.4. The molecule has 2 fully saturated rings. The van der Waals surface area contributed by atoms with Crippen LogP contribution in [0.2, 0.25) is 0 Å². The molecule has 0 bridgehead atoms. The van der Waals surface area contributed by atoms with E-state index in [1.54, 1.807) is 0 Å². The quantitative estimate of drug-likeness (QED) is 0.804. The lowest BCUT2D eigenvalue weighted by molar-refractivity contribution is -0.130. The van der Waals surface area contributed by atoms with Crippen molar-refractivity contribution in [1.82, 2.24) is 19.3 Å². The molecule has 4 heterocycles. The number of imidazole rings is 1. The summed E-state index contributed by atoms with van der Waals surface area (Å²) >= 11 is 3.36. The Hall–Kier alpha value is -1.70. The minimum atomic E-state index is -0.498. The second-order valence-electron chi connectivity index (χ2n) is 7.41. The van der Waals surface area contributed by atoms with Crippen LogP contribution in [0.25, 0.3) is 5.52 Å². The van der Waals surface area contributed by atoms with E-state index in [0.717, 1.165) is 19.0 Å². The summed E-state index contributed by atoms with van der Waals surface area (Å²) in [5.41, 5.74) is 6.32. The number of amides is 1. The van der Waals surface area contributed by atoms with Crippen molar-refractivity contribution in [2.75, 3.05) is 12.3 Å². The number of carbonyl (C=O) groups is 1. The van der Waals surface area contributed by atoms with Crippen molar-refractivity contribution in [3.63, 3.8) is 0 Å². The molecule has 0 aromatic carbocycles. The lowest BCUT2D eigenvalue weighted by atomic mass is 9.79. The lowest BCUT2D eigenvalue weighted by Gasteiger charge is -2.39. The van der Waals surface area contributed by atoms with Crippen LogP contribution in [0.4, 0.5) is 10.2 Å². The number of nitrogens with zero attached hydrogens (tertiary/aromatic N) is 4. The fraction of sp³-hybridized carbons (Fsp3) is 0.562. The van der Waals surface area contributed by atoms with Gasteiger partial charge in [0.05, 0.1) is 6.20 Å². The molecule has 2 saturated heterocycles. The fourth-order valence-electron chi connectivity index (χ4n) is 4.24. The first-order valence-corrected chi connectivity index (χ1v) is 8.86. The van der Waals surface area contributed by atoms with Gasteiger partial charge in [-0.25, -0.2) is 9.97 Å². The first kappa shape index (κ1) is 15.8. The fourth-order valence-corrected chi connectivity index (χ4v) is 4.80. The van der Waals surface area contributed by atoms with Crippen molar-refractivity contribution < 1.29 is 9.18 Å². The standard InChI is InChI=1S/C16H19BrFN5O/c1-16(2)5-11(24)22-7-8(3-4-9(16)22)15-21-13(17)12-14(19)20-6-10(18)23(12)15/h6,8-9H,3-5,7H2,1-2H3,(H2,19,20)/t8-,9+/m1/s1. The maximum Gasteiger partial charge on any atom is 0.223 e. The van der Waals surface area contributed by atoms with Gasteiger partial charge in [-0.1, -0.05) is 13.8 Å². The SMILES string of the molecule is CC1(C)CC(=O)N2C[C@H](c3nc(Br)c4c(N)ncc(F)n34)CC[C@H]21. The number of carbonyl (C=O) groups excluding carboxylic acids is 1. The van der Waals surface area contributed by atoms with Gasteiger partial charge in [0.25, 0.3) is 0 Å². The number of hydrogen-bond acceptors (Lipinski definition) is 4. The third-order valence-corrected chi connectivity index (χ3v) is 5.96. The van der Waals surface area contributed by atoms with Gasteiger partial charge in [-0.15, -0.1) is 0 Å². The summed E-state index contributed by atoms with van der Waals surface area (Å²) in [6.07, 6.45) is 3.45. The van der Waals surface area contributed by atoms with Crippen LogP contribution in [-0.2, 0) is 4.79 Å². The molecule has 128 valence electrons. The minimum Gasteiger partial charge on any atom is -0.382 e. The first-order chi connectivity index (χ1) is 11.3. The number of rotatable bonds is 1. The molecule has 0 saturated carbocycles. The lowest BCUT2D eigenvalue weighted by Crippen LogP contribution is -2.44. The Bertz CT molecular complexity index is 849. The van der Waals surface area contributed by atoms with Gasteiger partial charge in [0, 0.05) is 24.9 Å². The van der Waals surface area contributed by atoms with E-state index in [1.165, 1.54) is 4.40 Å². The molecule has 2 aliphatic heterocycles. The smallest absolute Gasteiger partial charge is 0.223 e. The third kappa shape index (κ3) is 2.15. The van der Waals surface area contributed by atoms with E-state index in [-0.39, 0.29) is 29.1 Å². The van der Waals surface area contributed by atoms with Crippen molar-refractivity contribution in [2.45, 2.75) is 45.1 Å². The second-order valence-corrected chi connectivity index (χ2v) is 8.16. The van der Waals surface area contributed by atoms with Crippen LogP contribution >= 0.6 is 15.9 Å². The van der Waals surface area contributed by atoms with E-state index in [4.69, 9.17) is 5.73 Å². The van der Waals surface area contributed by atoms with Crippen molar-refractivity contribution in [3.8, 4) is 0 Å². The van der Waals surface area contributed by atoms with Gasteiger partial charge in [0.2, 0.25) is 11.9 Å². The molecule has 2 N–H and O–H groups in total. The highest BCUT2D eigenvalue weighted by molar-refractivity contribution is 9.10. The summed E-state index contributed by atoms with van der Waals surface area (Å²) in [5.74, 6) is 0.488. The molecule has 24 heavy (non-hydrogen) atoms. The van der Waals surface area contributed by atoms with E-state index in [1.807, 2.05) is 4.90 Å². The zero-order valence-electron chi connectivity index (χ0n) is 13.6. The number of halogens is 2. The van der Waals surface area contributed by atoms with Crippen molar-refractivity contribution >= 4 is 33.2 Å². The third-order valence-electron chi connectivity index (χ3n) is 5.40. The van der Waals surface area contributed by atoms with Gasteiger partial charge in [0.1, 0.15) is 15.9 Å². The summed E-state index contributed by atoms with van der Waals surface area (Å²) in [6, 6.07) is 0.257. The van der Waals surface area contributed by atoms with Gasteiger partial charge in [-0.05, 0) is 34.2 Å². The highest BCUT2D eigenvalue weighted by Gasteiger charge is 2.48. The van der Waals surface area contributed by atoms with E-state index in [9.17, 15) is 9.18 Å². The number of anilines is 1. The monoisotopic (exact) mass is 395 g/mol. The second kappa shape index (κ2) is 5.15. The van der Waals surface area contributed by atoms with Gasteiger partial charge >= 0.3 is 0 Å². The molecule has 2 aromatic rings. The maximum atomic E-state index is 14.4. The topological polar surface area (TPSA) is 76.5 Å². The molecule has 0 radical (unpaired) electrons. The zero-order chi connectivity index (χ0) is 17.2. The van der Waals surface area contributed by atoms with Gasteiger partial charge < -0.3 is 10.6 Å². The number of aromatic nitrogens is 3.